The number of nitrogens with zero attached hydrogens (tertiary/aromatic N) is 2. The molecular weight excluding hydrogens is 292 g/mol. The molecule has 2 rings (SSSR count). The summed E-state index contributed by atoms with van der Waals surface area (Å²) >= 11 is 7.50. The number of hydrogen-bond acceptors (Lipinski definition) is 3. The first-order valence-electron chi connectivity index (χ1n) is 6.13. The number of aromatic nitrogens is 1. The molecule has 0 bridgehead atoms. The predicted octanol–water partition coefficient (Wildman–Crippen LogP) is 3.66. The molecule has 0 radical (unpaired) electrons. The van der Waals surface area contributed by atoms with Gasteiger partial charge in [-0.2, -0.15) is 0 Å². The summed E-state index contributed by atoms with van der Waals surface area (Å²) in [7, 11) is 3.50. The minimum absolute atomic E-state index is 0.0166. The monoisotopic (exact) mass is 306 g/mol. The standard InChI is InChI=1S/C15H15ClN2OS/c1-18(2)15(19)13(11-7-4-3-5-8-11)20-14-12(16)9-6-10-17-14/h3-10,13H,1-2H3. The Morgan fingerprint density at radius 1 is 1.20 bits per heavy atom. The molecule has 0 N–H and O–H groups in total. The quantitative estimate of drug-likeness (QED) is 0.808. The molecule has 1 atom stereocenters. The third kappa shape index (κ3) is 3.52. The van der Waals surface area contributed by atoms with E-state index < -0.39 is 0 Å². The lowest BCUT2D eigenvalue weighted by atomic mass is 10.1. The van der Waals surface area contributed by atoms with Gasteiger partial charge in [-0.05, 0) is 17.7 Å². The van der Waals surface area contributed by atoms with Crippen LogP contribution in [-0.4, -0.2) is 29.9 Å². The third-order valence-electron chi connectivity index (χ3n) is 2.72. The lowest BCUT2D eigenvalue weighted by Crippen LogP contribution is -2.26. The number of hydrogen-bond donors (Lipinski definition) is 0. The van der Waals surface area contributed by atoms with E-state index in [0.717, 1.165) is 5.56 Å². The van der Waals surface area contributed by atoms with Gasteiger partial charge in [-0.15, -0.1) is 0 Å². The highest BCUT2D eigenvalue weighted by atomic mass is 35.5. The molecule has 0 aliphatic rings. The van der Waals surface area contributed by atoms with E-state index in [9.17, 15) is 4.79 Å². The average Bonchev–Trinajstić information content (AvgIpc) is 2.46. The molecule has 1 amide bonds. The first kappa shape index (κ1) is 14.9. The number of benzene rings is 1. The normalized spacial score (nSPS) is 11.9. The SMILES string of the molecule is CN(C)C(=O)C(Sc1ncccc1Cl)c1ccccc1. The highest BCUT2D eigenvalue weighted by molar-refractivity contribution is 8.00. The van der Waals surface area contributed by atoms with Crippen molar-refractivity contribution in [3.63, 3.8) is 0 Å². The van der Waals surface area contributed by atoms with Gasteiger partial charge in [0.1, 0.15) is 10.3 Å². The van der Waals surface area contributed by atoms with Crippen molar-refractivity contribution in [2.45, 2.75) is 10.3 Å². The van der Waals surface area contributed by atoms with Crippen LogP contribution < -0.4 is 0 Å². The maximum absolute atomic E-state index is 12.4. The van der Waals surface area contributed by atoms with Crippen LogP contribution >= 0.6 is 23.4 Å². The molecule has 2 aromatic rings. The second-order valence-corrected chi connectivity index (χ2v) is 5.93. The van der Waals surface area contributed by atoms with Crippen molar-refractivity contribution in [3.05, 3.63) is 59.2 Å². The molecule has 3 nitrogen and oxygen atoms in total. The summed E-state index contributed by atoms with van der Waals surface area (Å²) in [4.78, 5) is 18.2. The van der Waals surface area contributed by atoms with Crippen molar-refractivity contribution in [2.24, 2.45) is 0 Å². The van der Waals surface area contributed by atoms with Crippen molar-refractivity contribution < 1.29 is 4.79 Å². The van der Waals surface area contributed by atoms with Crippen LogP contribution in [0.2, 0.25) is 5.02 Å². The minimum atomic E-state index is -0.349. The van der Waals surface area contributed by atoms with E-state index in [1.807, 2.05) is 30.3 Å². The molecule has 5 heteroatoms. The first-order chi connectivity index (χ1) is 9.59. The molecule has 104 valence electrons. The molecule has 0 spiro atoms. The van der Waals surface area contributed by atoms with Gasteiger partial charge in [0, 0.05) is 20.3 Å². The molecule has 0 fully saturated rings. The van der Waals surface area contributed by atoms with E-state index in [2.05, 4.69) is 4.98 Å². The lowest BCUT2D eigenvalue weighted by molar-refractivity contribution is -0.128. The second kappa shape index (κ2) is 6.77. The van der Waals surface area contributed by atoms with E-state index in [4.69, 9.17) is 11.6 Å². The van der Waals surface area contributed by atoms with Crippen LogP contribution in [0.4, 0.5) is 0 Å². The maximum atomic E-state index is 12.4. The van der Waals surface area contributed by atoms with Gasteiger partial charge in [-0.1, -0.05) is 53.7 Å². The van der Waals surface area contributed by atoms with Gasteiger partial charge in [0.2, 0.25) is 5.91 Å². The highest BCUT2D eigenvalue weighted by Gasteiger charge is 2.24. The number of rotatable bonds is 4. The van der Waals surface area contributed by atoms with Gasteiger partial charge < -0.3 is 4.90 Å². The Kier molecular flexibility index (Phi) is 5.04. The zero-order valence-corrected chi connectivity index (χ0v) is 12.9. The number of carbonyl (C=O) groups is 1. The van der Waals surface area contributed by atoms with Crippen LogP contribution in [0.25, 0.3) is 0 Å². The third-order valence-corrected chi connectivity index (χ3v) is 4.40. The smallest absolute Gasteiger partial charge is 0.240 e. The summed E-state index contributed by atoms with van der Waals surface area (Å²) in [6.45, 7) is 0. The Balaban J connectivity index is 2.33. The average molecular weight is 307 g/mol. The predicted molar refractivity (Wildman–Crippen MR) is 83.0 cm³/mol. The van der Waals surface area contributed by atoms with Crippen LogP contribution in [0, 0.1) is 0 Å². The van der Waals surface area contributed by atoms with Gasteiger partial charge in [0.15, 0.2) is 0 Å². The van der Waals surface area contributed by atoms with Crippen molar-refractivity contribution in [1.29, 1.82) is 0 Å². The summed E-state index contributed by atoms with van der Waals surface area (Å²) in [5.41, 5.74) is 0.943. The van der Waals surface area contributed by atoms with Gasteiger partial charge in [0.05, 0.1) is 5.02 Å². The number of amides is 1. The Hall–Kier alpha value is -1.52. The molecule has 1 heterocycles. The number of halogens is 1. The van der Waals surface area contributed by atoms with E-state index >= 15 is 0 Å². The number of likely N-dealkylation sites (N-methyl/N-ethyl adjacent to an activating group) is 1. The molecule has 1 aromatic carbocycles. The Bertz CT molecular complexity index is 589. The maximum Gasteiger partial charge on any atom is 0.240 e. The lowest BCUT2D eigenvalue weighted by Gasteiger charge is -2.20. The summed E-state index contributed by atoms with van der Waals surface area (Å²) in [5, 5.41) is 0.877. The Labute approximate surface area is 128 Å². The van der Waals surface area contributed by atoms with E-state index in [-0.39, 0.29) is 11.2 Å². The van der Waals surface area contributed by atoms with Gasteiger partial charge >= 0.3 is 0 Å². The van der Waals surface area contributed by atoms with Crippen molar-refractivity contribution >= 4 is 29.3 Å². The van der Waals surface area contributed by atoms with Crippen LogP contribution in [-0.2, 0) is 4.79 Å². The van der Waals surface area contributed by atoms with Crippen LogP contribution in [0.15, 0.2) is 53.7 Å². The summed E-state index contributed by atoms with van der Waals surface area (Å²) in [6, 6.07) is 13.2. The molecule has 0 aliphatic carbocycles. The first-order valence-corrected chi connectivity index (χ1v) is 7.38. The Morgan fingerprint density at radius 3 is 2.50 bits per heavy atom. The zero-order chi connectivity index (χ0) is 14.5. The highest BCUT2D eigenvalue weighted by Crippen LogP contribution is 2.38. The van der Waals surface area contributed by atoms with E-state index in [1.54, 1.807) is 37.3 Å². The van der Waals surface area contributed by atoms with Gasteiger partial charge in [0.25, 0.3) is 0 Å². The molecule has 1 unspecified atom stereocenters. The zero-order valence-electron chi connectivity index (χ0n) is 11.3. The fraction of sp³-hybridized carbons (Fsp3) is 0.200. The second-order valence-electron chi connectivity index (χ2n) is 4.43. The summed E-state index contributed by atoms with van der Waals surface area (Å²) < 4.78 is 0. The van der Waals surface area contributed by atoms with Crippen molar-refractivity contribution in [2.75, 3.05) is 14.1 Å². The molecule has 0 aliphatic heterocycles. The summed E-state index contributed by atoms with van der Waals surface area (Å²) in [5.74, 6) is 0.0166. The summed E-state index contributed by atoms with van der Waals surface area (Å²) in [6.07, 6.45) is 1.68. The van der Waals surface area contributed by atoms with Crippen molar-refractivity contribution in [1.82, 2.24) is 9.88 Å². The molecule has 1 aromatic heterocycles. The molecule has 0 saturated heterocycles. The molecular formula is C15H15ClN2OS. The fourth-order valence-electron chi connectivity index (χ4n) is 1.69. The fourth-order valence-corrected chi connectivity index (χ4v) is 3.08. The molecule has 0 saturated carbocycles. The minimum Gasteiger partial charge on any atom is -0.348 e. The van der Waals surface area contributed by atoms with Crippen LogP contribution in [0.3, 0.4) is 0 Å². The number of thioether (sulfide) groups is 1. The van der Waals surface area contributed by atoms with E-state index in [0.29, 0.717) is 10.0 Å². The Morgan fingerprint density at radius 2 is 1.90 bits per heavy atom. The van der Waals surface area contributed by atoms with Crippen LogP contribution in [0.1, 0.15) is 10.8 Å². The van der Waals surface area contributed by atoms with E-state index in [1.165, 1.54) is 11.8 Å². The van der Waals surface area contributed by atoms with Gasteiger partial charge in [-0.3, -0.25) is 4.79 Å². The van der Waals surface area contributed by atoms with Gasteiger partial charge in [-0.25, -0.2) is 4.98 Å². The number of carbonyl (C=O) groups excluding carboxylic acids is 1. The van der Waals surface area contributed by atoms with Crippen LogP contribution in [0.5, 0.6) is 0 Å². The largest absolute Gasteiger partial charge is 0.348 e. The molecule has 20 heavy (non-hydrogen) atoms. The van der Waals surface area contributed by atoms with Crippen molar-refractivity contribution in [3.8, 4) is 0 Å². The number of pyridine rings is 1. The topological polar surface area (TPSA) is 33.2 Å².